The number of anilines is 1. The highest BCUT2D eigenvalue weighted by molar-refractivity contribution is 5.94. The number of carbonyl (C=O) groups is 1. The number of rotatable bonds is 5. The molecule has 0 saturated heterocycles. The minimum Gasteiger partial charge on any atom is -0.465 e. The van der Waals surface area contributed by atoms with Gasteiger partial charge in [0.25, 0.3) is 0 Å². The predicted octanol–water partition coefficient (Wildman–Crippen LogP) is 2.48. The van der Waals surface area contributed by atoms with Crippen molar-refractivity contribution in [3.8, 4) is 0 Å². The average Bonchev–Trinajstić information content (AvgIpc) is 2.91. The highest BCUT2D eigenvalue weighted by Crippen LogP contribution is 2.21. The molecule has 102 valence electrons. The number of aryl methyl sites for hydroxylation is 1. The Hall–Kier alpha value is -1.91. The van der Waals surface area contributed by atoms with Crippen molar-refractivity contribution in [1.29, 1.82) is 0 Å². The summed E-state index contributed by atoms with van der Waals surface area (Å²) < 4.78 is 4.73. The maximum Gasteiger partial charge on any atom is 0.343 e. The van der Waals surface area contributed by atoms with Crippen molar-refractivity contribution in [2.45, 2.75) is 32.6 Å². The predicted molar refractivity (Wildman–Crippen MR) is 73.1 cm³/mol. The summed E-state index contributed by atoms with van der Waals surface area (Å²) in [5.41, 5.74) is 1.87. The molecule has 19 heavy (non-hydrogen) atoms. The Morgan fingerprint density at radius 1 is 1.53 bits per heavy atom. The molecule has 1 aliphatic carbocycles. The van der Waals surface area contributed by atoms with E-state index in [2.05, 4.69) is 21.4 Å². The van der Waals surface area contributed by atoms with E-state index in [1.807, 2.05) is 0 Å². The van der Waals surface area contributed by atoms with Gasteiger partial charge in [-0.25, -0.2) is 14.8 Å². The van der Waals surface area contributed by atoms with Crippen LogP contribution in [0.25, 0.3) is 0 Å². The molecule has 0 radical (unpaired) electrons. The number of hydrogen-bond donors (Lipinski definition) is 1. The van der Waals surface area contributed by atoms with Crippen LogP contribution in [0.5, 0.6) is 0 Å². The van der Waals surface area contributed by atoms with Crippen LogP contribution < -0.4 is 5.32 Å². The molecule has 0 atom stereocenters. The maximum atomic E-state index is 11.6. The lowest BCUT2D eigenvalue weighted by Crippen LogP contribution is -2.12. The number of aromatic nitrogens is 2. The van der Waals surface area contributed by atoms with Crippen molar-refractivity contribution in [1.82, 2.24) is 9.97 Å². The first-order valence-electron chi connectivity index (χ1n) is 6.54. The molecule has 1 N–H and O–H groups in total. The summed E-state index contributed by atoms with van der Waals surface area (Å²) >= 11 is 0. The van der Waals surface area contributed by atoms with Gasteiger partial charge in [-0.15, -0.1) is 0 Å². The van der Waals surface area contributed by atoms with Crippen LogP contribution in [-0.2, 0) is 4.74 Å². The first-order valence-corrected chi connectivity index (χ1v) is 6.54. The molecule has 1 aliphatic rings. The summed E-state index contributed by atoms with van der Waals surface area (Å²) in [6, 6.07) is 0. The molecule has 0 spiro atoms. The van der Waals surface area contributed by atoms with E-state index in [9.17, 15) is 4.79 Å². The normalized spacial score (nSPS) is 14.1. The average molecular weight is 261 g/mol. The van der Waals surface area contributed by atoms with Gasteiger partial charge in [-0.3, -0.25) is 0 Å². The van der Waals surface area contributed by atoms with Gasteiger partial charge in [0.1, 0.15) is 17.2 Å². The number of nitrogens with zero attached hydrogens (tertiary/aromatic N) is 2. The Labute approximate surface area is 113 Å². The van der Waals surface area contributed by atoms with Crippen molar-refractivity contribution in [3.63, 3.8) is 0 Å². The van der Waals surface area contributed by atoms with E-state index >= 15 is 0 Å². The van der Waals surface area contributed by atoms with Gasteiger partial charge in [-0.1, -0.05) is 11.6 Å². The first-order chi connectivity index (χ1) is 9.20. The van der Waals surface area contributed by atoms with Crippen molar-refractivity contribution in [3.05, 3.63) is 29.2 Å². The fourth-order valence-corrected chi connectivity index (χ4v) is 2.17. The Kier molecular flexibility index (Phi) is 4.49. The van der Waals surface area contributed by atoms with Gasteiger partial charge in [0.15, 0.2) is 0 Å². The van der Waals surface area contributed by atoms with E-state index in [0.717, 1.165) is 13.0 Å². The fraction of sp³-hybridized carbons (Fsp3) is 0.500. The van der Waals surface area contributed by atoms with Gasteiger partial charge in [-0.2, -0.15) is 0 Å². The summed E-state index contributed by atoms with van der Waals surface area (Å²) in [5, 5.41) is 3.20. The topological polar surface area (TPSA) is 64.1 Å². The third-order valence-electron chi connectivity index (χ3n) is 3.19. The number of esters is 1. The molecule has 5 heteroatoms. The second-order valence-electron chi connectivity index (χ2n) is 4.60. The zero-order chi connectivity index (χ0) is 13.7. The molecule has 0 aromatic carbocycles. The van der Waals surface area contributed by atoms with Gasteiger partial charge in [0, 0.05) is 12.7 Å². The lowest BCUT2D eigenvalue weighted by Gasteiger charge is -2.10. The molecule has 0 amide bonds. The van der Waals surface area contributed by atoms with Crippen LogP contribution in [0.1, 0.15) is 41.9 Å². The van der Waals surface area contributed by atoms with E-state index in [1.54, 1.807) is 6.92 Å². The van der Waals surface area contributed by atoms with Crippen molar-refractivity contribution in [2.75, 3.05) is 19.0 Å². The number of hydrogen-bond acceptors (Lipinski definition) is 5. The molecule has 1 heterocycles. The van der Waals surface area contributed by atoms with E-state index in [4.69, 9.17) is 4.74 Å². The lowest BCUT2D eigenvalue weighted by molar-refractivity contribution is 0.0601. The van der Waals surface area contributed by atoms with E-state index in [0.29, 0.717) is 17.2 Å². The zero-order valence-corrected chi connectivity index (χ0v) is 11.4. The molecular weight excluding hydrogens is 242 g/mol. The van der Waals surface area contributed by atoms with Gasteiger partial charge in [-0.05, 0) is 32.6 Å². The summed E-state index contributed by atoms with van der Waals surface area (Å²) in [5.74, 6) is 0.774. The second-order valence-corrected chi connectivity index (χ2v) is 4.60. The summed E-state index contributed by atoms with van der Waals surface area (Å²) in [6.07, 6.45) is 8.43. The number of nitrogens with one attached hydrogen (secondary N) is 1. The van der Waals surface area contributed by atoms with Crippen molar-refractivity contribution in [2.24, 2.45) is 0 Å². The molecule has 2 rings (SSSR count). The first kappa shape index (κ1) is 13.5. The van der Waals surface area contributed by atoms with Gasteiger partial charge >= 0.3 is 5.97 Å². The Bertz CT molecular complexity index is 497. The van der Waals surface area contributed by atoms with Gasteiger partial charge in [0.05, 0.1) is 7.11 Å². The van der Waals surface area contributed by atoms with E-state index in [-0.39, 0.29) is 0 Å². The quantitative estimate of drug-likeness (QED) is 0.651. The number of allylic oxidation sites excluding steroid dienone is 1. The van der Waals surface area contributed by atoms with Crippen LogP contribution in [0, 0.1) is 6.92 Å². The van der Waals surface area contributed by atoms with Crippen LogP contribution >= 0.6 is 0 Å². The number of ether oxygens (including phenoxy) is 1. The minimum atomic E-state index is -0.414. The standard InChI is InChI=1S/C14H19N3O2/c1-10-16-9-12(14(18)19-2)13(17-10)15-8-7-11-5-3-4-6-11/h5,9H,3-4,6-8H2,1-2H3,(H,15,16,17). The lowest BCUT2D eigenvalue weighted by atomic mass is 10.1. The Balaban J connectivity index is 2.01. The van der Waals surface area contributed by atoms with E-state index in [1.165, 1.54) is 38.1 Å². The summed E-state index contributed by atoms with van der Waals surface area (Å²) in [6.45, 7) is 2.57. The Morgan fingerprint density at radius 2 is 2.37 bits per heavy atom. The molecule has 1 aromatic rings. The molecule has 0 bridgehead atoms. The highest BCUT2D eigenvalue weighted by Gasteiger charge is 2.14. The maximum absolute atomic E-state index is 11.6. The summed E-state index contributed by atoms with van der Waals surface area (Å²) in [7, 11) is 1.36. The Morgan fingerprint density at radius 3 is 3.05 bits per heavy atom. The second kappa shape index (κ2) is 6.31. The monoisotopic (exact) mass is 261 g/mol. The molecule has 0 aliphatic heterocycles. The van der Waals surface area contributed by atoms with Gasteiger partial charge in [0.2, 0.25) is 0 Å². The van der Waals surface area contributed by atoms with Crippen molar-refractivity contribution < 1.29 is 9.53 Å². The largest absolute Gasteiger partial charge is 0.465 e. The fourth-order valence-electron chi connectivity index (χ4n) is 2.17. The highest BCUT2D eigenvalue weighted by atomic mass is 16.5. The molecule has 1 aromatic heterocycles. The van der Waals surface area contributed by atoms with Crippen LogP contribution in [0.3, 0.4) is 0 Å². The number of carbonyl (C=O) groups excluding carboxylic acids is 1. The van der Waals surface area contributed by atoms with Crippen LogP contribution in [-0.4, -0.2) is 29.6 Å². The minimum absolute atomic E-state index is 0.383. The van der Waals surface area contributed by atoms with Crippen LogP contribution in [0.4, 0.5) is 5.82 Å². The SMILES string of the molecule is COC(=O)c1cnc(C)nc1NCCC1=CCCC1. The van der Waals surface area contributed by atoms with Gasteiger partial charge < -0.3 is 10.1 Å². The smallest absolute Gasteiger partial charge is 0.343 e. The van der Waals surface area contributed by atoms with E-state index < -0.39 is 5.97 Å². The third-order valence-corrected chi connectivity index (χ3v) is 3.19. The number of methoxy groups -OCH3 is 1. The molecular formula is C14H19N3O2. The molecule has 0 unspecified atom stereocenters. The van der Waals surface area contributed by atoms with Crippen LogP contribution in [0.15, 0.2) is 17.8 Å². The van der Waals surface area contributed by atoms with Crippen LogP contribution in [0.2, 0.25) is 0 Å². The molecule has 0 saturated carbocycles. The third kappa shape index (κ3) is 3.53. The summed E-state index contributed by atoms with van der Waals surface area (Å²) in [4.78, 5) is 19.9. The van der Waals surface area contributed by atoms with Crippen molar-refractivity contribution >= 4 is 11.8 Å². The molecule has 0 fully saturated rings. The zero-order valence-electron chi connectivity index (χ0n) is 11.4. The molecule has 5 nitrogen and oxygen atoms in total.